The second-order valence-corrected chi connectivity index (χ2v) is 3.19. The van der Waals surface area contributed by atoms with E-state index in [2.05, 4.69) is 9.47 Å². The zero-order valence-electron chi connectivity index (χ0n) is 9.25. The molecule has 0 unspecified atom stereocenters. The van der Waals surface area contributed by atoms with Gasteiger partial charge in [-0.3, -0.25) is 10.4 Å². The van der Waals surface area contributed by atoms with E-state index in [0.717, 1.165) is 0 Å². The number of benzene rings is 1. The van der Waals surface area contributed by atoms with Crippen molar-refractivity contribution in [3.05, 3.63) is 35.4 Å². The topological polar surface area (TPSA) is 117 Å². The summed E-state index contributed by atoms with van der Waals surface area (Å²) in [5.74, 6) is 0. The molecule has 0 saturated heterocycles. The van der Waals surface area contributed by atoms with Crippen LogP contribution in [0.25, 0.3) is 0 Å². The molecule has 0 atom stereocenters. The largest absolute Gasteiger partial charge is 0.443 e. The highest BCUT2D eigenvalue weighted by atomic mass is 16.6. The first-order valence-corrected chi connectivity index (χ1v) is 4.87. The number of hydroxylamine groups is 2. The SMILES string of the molecule is O=C(NO)OCc1ccc(COC(=O)NO)cc1. The van der Waals surface area contributed by atoms with E-state index in [1.165, 1.54) is 11.0 Å². The van der Waals surface area contributed by atoms with Crippen LogP contribution >= 0.6 is 0 Å². The van der Waals surface area contributed by atoms with Crippen molar-refractivity contribution < 1.29 is 29.5 Å². The smallest absolute Gasteiger partial charge is 0.431 e. The highest BCUT2D eigenvalue weighted by molar-refractivity contribution is 5.65. The monoisotopic (exact) mass is 256 g/mol. The van der Waals surface area contributed by atoms with Gasteiger partial charge in [0.15, 0.2) is 0 Å². The molecular formula is C10H12N2O6. The Balaban J connectivity index is 2.42. The van der Waals surface area contributed by atoms with Gasteiger partial charge in [-0.2, -0.15) is 0 Å². The maximum atomic E-state index is 10.6. The summed E-state index contributed by atoms with van der Waals surface area (Å²) in [5.41, 5.74) is 4.08. The van der Waals surface area contributed by atoms with Gasteiger partial charge in [0.05, 0.1) is 0 Å². The minimum absolute atomic E-state index is 0.00462. The molecule has 0 bridgehead atoms. The van der Waals surface area contributed by atoms with Crippen molar-refractivity contribution in [1.82, 2.24) is 11.0 Å². The summed E-state index contributed by atoms with van der Waals surface area (Å²) >= 11 is 0. The standard InChI is InChI=1S/C10H12N2O6/c13-9(11-15)17-5-7-1-2-8(4-3-7)6-18-10(14)12-16/h1-4,15-16H,5-6H2,(H,11,13)(H,12,14). The summed E-state index contributed by atoms with van der Waals surface area (Å²) in [5, 5.41) is 16.4. The predicted octanol–water partition coefficient (Wildman–Crippen LogP) is 0.917. The van der Waals surface area contributed by atoms with E-state index in [4.69, 9.17) is 10.4 Å². The first-order chi connectivity index (χ1) is 8.65. The number of nitrogens with one attached hydrogen (secondary N) is 2. The van der Waals surface area contributed by atoms with Crippen LogP contribution in [-0.4, -0.2) is 22.6 Å². The normalized spacial score (nSPS) is 9.44. The van der Waals surface area contributed by atoms with Crippen molar-refractivity contribution in [2.24, 2.45) is 0 Å². The molecule has 0 saturated carbocycles. The Bertz CT molecular complexity index is 366. The molecule has 0 fully saturated rings. The molecule has 2 amide bonds. The Labute approximate surface area is 102 Å². The number of carbonyl (C=O) groups is 2. The molecular weight excluding hydrogens is 244 g/mol. The molecule has 0 spiro atoms. The molecule has 0 aliphatic carbocycles. The van der Waals surface area contributed by atoms with E-state index in [1.54, 1.807) is 24.3 Å². The van der Waals surface area contributed by atoms with Crippen LogP contribution in [0, 0.1) is 0 Å². The minimum atomic E-state index is -0.943. The summed E-state index contributed by atoms with van der Waals surface area (Å²) in [6, 6.07) is 6.67. The fourth-order valence-corrected chi connectivity index (χ4v) is 1.09. The van der Waals surface area contributed by atoms with Crippen molar-refractivity contribution in [2.75, 3.05) is 0 Å². The van der Waals surface area contributed by atoms with Gasteiger partial charge < -0.3 is 9.47 Å². The predicted molar refractivity (Wildman–Crippen MR) is 56.7 cm³/mol. The van der Waals surface area contributed by atoms with Crippen LogP contribution in [0.3, 0.4) is 0 Å². The number of hydrogen-bond donors (Lipinski definition) is 4. The van der Waals surface area contributed by atoms with Gasteiger partial charge in [0.2, 0.25) is 0 Å². The molecule has 4 N–H and O–H groups in total. The van der Waals surface area contributed by atoms with Crippen molar-refractivity contribution in [1.29, 1.82) is 0 Å². The van der Waals surface area contributed by atoms with Gasteiger partial charge in [-0.1, -0.05) is 24.3 Å². The molecule has 0 radical (unpaired) electrons. The molecule has 8 heteroatoms. The molecule has 0 aromatic heterocycles. The lowest BCUT2D eigenvalue weighted by Crippen LogP contribution is -2.20. The minimum Gasteiger partial charge on any atom is -0.443 e. The Morgan fingerprint density at radius 1 is 0.889 bits per heavy atom. The first kappa shape index (κ1) is 13.7. The fourth-order valence-electron chi connectivity index (χ4n) is 1.09. The summed E-state index contributed by atoms with van der Waals surface area (Å²) in [6.07, 6.45) is -1.89. The second-order valence-electron chi connectivity index (χ2n) is 3.19. The van der Waals surface area contributed by atoms with Crippen LogP contribution in [0.5, 0.6) is 0 Å². The molecule has 0 aliphatic rings. The van der Waals surface area contributed by atoms with Gasteiger partial charge in [-0.05, 0) is 11.1 Å². The highest BCUT2D eigenvalue weighted by Crippen LogP contribution is 2.07. The lowest BCUT2D eigenvalue weighted by Gasteiger charge is -2.06. The van der Waals surface area contributed by atoms with Crippen LogP contribution in [0.4, 0.5) is 9.59 Å². The molecule has 0 aliphatic heterocycles. The fraction of sp³-hybridized carbons (Fsp3) is 0.200. The van der Waals surface area contributed by atoms with Crippen LogP contribution in [0.2, 0.25) is 0 Å². The van der Waals surface area contributed by atoms with Gasteiger partial charge in [0.25, 0.3) is 0 Å². The van der Waals surface area contributed by atoms with Crippen molar-refractivity contribution in [3.63, 3.8) is 0 Å². The van der Waals surface area contributed by atoms with Gasteiger partial charge in [-0.25, -0.2) is 20.5 Å². The van der Waals surface area contributed by atoms with Crippen molar-refractivity contribution >= 4 is 12.2 Å². The Morgan fingerprint density at radius 2 is 1.22 bits per heavy atom. The third-order valence-corrected chi connectivity index (χ3v) is 1.95. The number of ether oxygens (including phenoxy) is 2. The third-order valence-electron chi connectivity index (χ3n) is 1.95. The molecule has 1 aromatic carbocycles. The summed E-state index contributed by atoms with van der Waals surface area (Å²) in [4.78, 5) is 21.2. The maximum absolute atomic E-state index is 10.6. The zero-order chi connectivity index (χ0) is 13.4. The average molecular weight is 256 g/mol. The Morgan fingerprint density at radius 3 is 1.50 bits per heavy atom. The highest BCUT2D eigenvalue weighted by Gasteiger charge is 2.02. The van der Waals surface area contributed by atoms with Crippen LogP contribution < -0.4 is 11.0 Å². The quantitative estimate of drug-likeness (QED) is 0.470. The van der Waals surface area contributed by atoms with E-state index in [0.29, 0.717) is 11.1 Å². The first-order valence-electron chi connectivity index (χ1n) is 4.87. The van der Waals surface area contributed by atoms with Gasteiger partial charge in [0.1, 0.15) is 13.2 Å². The van der Waals surface area contributed by atoms with Crippen LogP contribution in [0.1, 0.15) is 11.1 Å². The Kier molecular flexibility index (Phi) is 5.42. The van der Waals surface area contributed by atoms with E-state index in [1.807, 2.05) is 0 Å². The van der Waals surface area contributed by atoms with Gasteiger partial charge in [0, 0.05) is 0 Å². The van der Waals surface area contributed by atoms with E-state index in [-0.39, 0.29) is 13.2 Å². The van der Waals surface area contributed by atoms with Crippen molar-refractivity contribution in [2.45, 2.75) is 13.2 Å². The summed E-state index contributed by atoms with van der Waals surface area (Å²) in [6.45, 7) is 0.00924. The Hall–Kier alpha value is -2.32. The third kappa shape index (κ3) is 4.68. The lowest BCUT2D eigenvalue weighted by molar-refractivity contribution is 0.0833. The van der Waals surface area contributed by atoms with Gasteiger partial charge in [-0.15, -0.1) is 0 Å². The van der Waals surface area contributed by atoms with Crippen LogP contribution in [0.15, 0.2) is 24.3 Å². The van der Waals surface area contributed by atoms with E-state index >= 15 is 0 Å². The maximum Gasteiger partial charge on any atom is 0.431 e. The summed E-state index contributed by atoms with van der Waals surface area (Å²) in [7, 11) is 0. The molecule has 0 heterocycles. The number of rotatable bonds is 4. The van der Waals surface area contributed by atoms with Crippen LogP contribution in [-0.2, 0) is 22.7 Å². The molecule has 98 valence electrons. The molecule has 1 aromatic rings. The zero-order valence-corrected chi connectivity index (χ0v) is 9.25. The van der Waals surface area contributed by atoms with E-state index in [9.17, 15) is 9.59 Å². The van der Waals surface area contributed by atoms with Crippen molar-refractivity contribution in [3.8, 4) is 0 Å². The second kappa shape index (κ2) is 7.09. The lowest BCUT2D eigenvalue weighted by atomic mass is 10.1. The number of carbonyl (C=O) groups excluding carboxylic acids is 2. The molecule has 1 rings (SSSR count). The summed E-state index contributed by atoms with van der Waals surface area (Å²) < 4.78 is 9.21. The van der Waals surface area contributed by atoms with Gasteiger partial charge >= 0.3 is 12.2 Å². The molecule has 8 nitrogen and oxygen atoms in total. The average Bonchev–Trinajstić information content (AvgIpc) is 2.43. The number of amides is 2. The number of hydrogen-bond acceptors (Lipinski definition) is 6. The molecule has 18 heavy (non-hydrogen) atoms. The van der Waals surface area contributed by atoms with E-state index < -0.39 is 12.2 Å².